The van der Waals surface area contributed by atoms with Crippen LogP contribution in [0.2, 0.25) is 0 Å². The first kappa shape index (κ1) is 22.9. The van der Waals surface area contributed by atoms with Crippen molar-refractivity contribution < 1.29 is 9.21 Å². The standard InChI is InChI=1S/C25H26N4O3S2/c1-15-10-16(2)13-27(12-15)22-19(23(30)28-8-4-6-17(3)21(28)26-22)11-20-24(31)29(25(33)34-20)14-18-7-5-9-32-18/h4-9,11,15-16H,10,12-14H2,1-3H3/b20-11+/t15-,16-/m0/s1. The van der Waals surface area contributed by atoms with Crippen LogP contribution >= 0.6 is 24.0 Å². The number of anilines is 1. The van der Waals surface area contributed by atoms with E-state index >= 15 is 0 Å². The van der Waals surface area contributed by atoms with E-state index in [4.69, 9.17) is 21.6 Å². The van der Waals surface area contributed by atoms with Gasteiger partial charge in [-0.3, -0.25) is 18.9 Å². The fraction of sp³-hybridized carbons (Fsp3) is 0.360. The molecule has 9 heteroatoms. The maximum atomic E-state index is 13.7. The molecule has 2 aliphatic rings. The lowest BCUT2D eigenvalue weighted by atomic mass is 9.91. The van der Waals surface area contributed by atoms with Crippen LogP contribution in [-0.4, -0.2) is 37.6 Å². The SMILES string of the molecule is Cc1cccn2c(=O)c(/C=C3/SC(=S)N(Cc4ccco4)C3=O)c(N3C[C@@H](C)C[C@H](C)C3)nc12. The number of carbonyl (C=O) groups is 1. The Kier molecular flexibility index (Phi) is 6.07. The van der Waals surface area contributed by atoms with Gasteiger partial charge in [0.1, 0.15) is 21.5 Å². The number of nitrogens with zero attached hydrogens (tertiary/aromatic N) is 4. The third kappa shape index (κ3) is 4.18. The van der Waals surface area contributed by atoms with Gasteiger partial charge in [-0.1, -0.05) is 43.9 Å². The molecule has 2 atom stereocenters. The van der Waals surface area contributed by atoms with Gasteiger partial charge in [-0.25, -0.2) is 4.98 Å². The molecule has 176 valence electrons. The van der Waals surface area contributed by atoms with Gasteiger partial charge in [0.15, 0.2) is 0 Å². The number of furan rings is 1. The van der Waals surface area contributed by atoms with Crippen LogP contribution in [0.4, 0.5) is 5.82 Å². The highest BCUT2D eigenvalue weighted by Crippen LogP contribution is 2.35. The largest absolute Gasteiger partial charge is 0.467 e. The number of fused-ring (bicyclic) bond motifs is 1. The van der Waals surface area contributed by atoms with Crippen LogP contribution in [-0.2, 0) is 11.3 Å². The second-order valence-electron chi connectivity index (χ2n) is 9.24. The van der Waals surface area contributed by atoms with Crippen molar-refractivity contribution >= 4 is 51.7 Å². The minimum Gasteiger partial charge on any atom is -0.467 e. The van der Waals surface area contributed by atoms with Gasteiger partial charge >= 0.3 is 0 Å². The number of piperidine rings is 1. The van der Waals surface area contributed by atoms with E-state index < -0.39 is 0 Å². The Bertz CT molecular complexity index is 1350. The number of hydrogen-bond acceptors (Lipinski definition) is 7. The first-order valence-electron chi connectivity index (χ1n) is 11.4. The van der Waals surface area contributed by atoms with Crippen molar-refractivity contribution in [3.8, 4) is 0 Å². The van der Waals surface area contributed by atoms with E-state index in [0.717, 1.165) is 25.1 Å². The molecule has 0 spiro atoms. The zero-order chi connectivity index (χ0) is 24.0. The molecule has 2 fully saturated rings. The zero-order valence-electron chi connectivity index (χ0n) is 19.4. The Hall–Kier alpha value is -2.91. The summed E-state index contributed by atoms with van der Waals surface area (Å²) in [5, 5.41) is 0. The van der Waals surface area contributed by atoms with Crippen LogP contribution in [0.1, 0.15) is 37.2 Å². The van der Waals surface area contributed by atoms with Crippen LogP contribution in [0.3, 0.4) is 0 Å². The van der Waals surface area contributed by atoms with E-state index in [0.29, 0.717) is 43.9 Å². The van der Waals surface area contributed by atoms with Crippen molar-refractivity contribution in [2.45, 2.75) is 33.7 Å². The summed E-state index contributed by atoms with van der Waals surface area (Å²) >= 11 is 6.68. The normalized spacial score (nSPS) is 22.4. The van der Waals surface area contributed by atoms with Gasteiger partial charge in [0.25, 0.3) is 11.5 Å². The lowest BCUT2D eigenvalue weighted by molar-refractivity contribution is -0.122. The lowest BCUT2D eigenvalue weighted by Crippen LogP contribution is -2.40. The molecule has 1 amide bonds. The van der Waals surface area contributed by atoms with Crippen LogP contribution in [0, 0.1) is 18.8 Å². The summed E-state index contributed by atoms with van der Waals surface area (Å²) in [7, 11) is 0. The molecule has 0 bridgehead atoms. The number of thiocarbonyl (C=S) groups is 1. The molecule has 34 heavy (non-hydrogen) atoms. The molecule has 0 aliphatic carbocycles. The van der Waals surface area contributed by atoms with E-state index in [-0.39, 0.29) is 18.0 Å². The quantitative estimate of drug-likeness (QED) is 0.391. The highest BCUT2D eigenvalue weighted by atomic mass is 32.2. The second kappa shape index (κ2) is 9.03. The summed E-state index contributed by atoms with van der Waals surface area (Å²) in [6.07, 6.45) is 6.11. The number of carbonyl (C=O) groups excluding carboxylic acids is 1. The van der Waals surface area contributed by atoms with Crippen molar-refractivity contribution in [1.82, 2.24) is 14.3 Å². The van der Waals surface area contributed by atoms with Crippen molar-refractivity contribution in [3.05, 3.63) is 68.9 Å². The van der Waals surface area contributed by atoms with Gasteiger partial charge in [0.2, 0.25) is 0 Å². The van der Waals surface area contributed by atoms with Gasteiger partial charge in [-0.15, -0.1) is 0 Å². The molecule has 0 aromatic carbocycles. The highest BCUT2D eigenvalue weighted by molar-refractivity contribution is 8.26. The second-order valence-corrected chi connectivity index (χ2v) is 10.9. The van der Waals surface area contributed by atoms with Crippen molar-refractivity contribution in [3.63, 3.8) is 0 Å². The molecular weight excluding hydrogens is 468 g/mol. The highest BCUT2D eigenvalue weighted by Gasteiger charge is 2.34. The van der Waals surface area contributed by atoms with Crippen LogP contribution in [0.15, 0.2) is 50.8 Å². The average Bonchev–Trinajstić information content (AvgIpc) is 3.39. The number of amides is 1. The van der Waals surface area contributed by atoms with Gasteiger partial charge in [0.05, 0.1) is 23.3 Å². The van der Waals surface area contributed by atoms with Crippen molar-refractivity contribution in [2.75, 3.05) is 18.0 Å². The molecule has 2 aliphatic heterocycles. The van der Waals surface area contributed by atoms with E-state index in [1.807, 2.05) is 19.1 Å². The number of pyridine rings is 1. The summed E-state index contributed by atoms with van der Waals surface area (Å²) < 4.78 is 7.39. The van der Waals surface area contributed by atoms with Gasteiger partial charge < -0.3 is 9.32 Å². The maximum absolute atomic E-state index is 13.7. The molecule has 0 saturated carbocycles. The van der Waals surface area contributed by atoms with Crippen LogP contribution in [0.25, 0.3) is 11.7 Å². The van der Waals surface area contributed by atoms with E-state index in [2.05, 4.69) is 18.7 Å². The molecule has 5 heterocycles. The smallest absolute Gasteiger partial charge is 0.267 e. The third-order valence-electron chi connectivity index (χ3n) is 6.28. The molecule has 0 radical (unpaired) electrons. The fourth-order valence-corrected chi connectivity index (χ4v) is 6.07. The monoisotopic (exact) mass is 494 g/mol. The molecule has 2 saturated heterocycles. The van der Waals surface area contributed by atoms with Crippen molar-refractivity contribution in [2.24, 2.45) is 11.8 Å². The number of aryl methyl sites for hydroxylation is 1. The van der Waals surface area contributed by atoms with Crippen LogP contribution < -0.4 is 10.5 Å². The van der Waals surface area contributed by atoms with E-state index in [9.17, 15) is 9.59 Å². The molecule has 5 rings (SSSR count). The summed E-state index contributed by atoms with van der Waals surface area (Å²) in [4.78, 5) is 36.0. The number of aromatic nitrogens is 2. The maximum Gasteiger partial charge on any atom is 0.267 e. The molecule has 0 N–H and O–H groups in total. The summed E-state index contributed by atoms with van der Waals surface area (Å²) in [6, 6.07) is 7.37. The van der Waals surface area contributed by atoms with Crippen molar-refractivity contribution in [1.29, 1.82) is 0 Å². The number of hydrogen-bond donors (Lipinski definition) is 0. The zero-order valence-corrected chi connectivity index (χ0v) is 21.0. The lowest BCUT2D eigenvalue weighted by Gasteiger charge is -2.36. The Morgan fingerprint density at radius 2 is 1.97 bits per heavy atom. The van der Waals surface area contributed by atoms with E-state index in [1.54, 1.807) is 35.1 Å². The van der Waals surface area contributed by atoms with Gasteiger partial charge in [-0.2, -0.15) is 0 Å². The predicted molar refractivity (Wildman–Crippen MR) is 139 cm³/mol. The third-order valence-corrected chi connectivity index (χ3v) is 7.65. The number of rotatable bonds is 4. The average molecular weight is 495 g/mol. The molecule has 7 nitrogen and oxygen atoms in total. The summed E-state index contributed by atoms with van der Waals surface area (Å²) in [6.45, 7) is 8.30. The Balaban J connectivity index is 1.61. The Labute approximate surface area is 207 Å². The Morgan fingerprint density at radius 3 is 2.68 bits per heavy atom. The topological polar surface area (TPSA) is 71.1 Å². The fourth-order valence-electron chi connectivity index (χ4n) is 4.83. The minimum absolute atomic E-state index is 0.189. The van der Waals surface area contributed by atoms with Gasteiger partial charge in [0, 0.05) is 19.3 Å². The predicted octanol–water partition coefficient (Wildman–Crippen LogP) is 4.48. The first-order chi connectivity index (χ1) is 16.3. The number of thioether (sulfide) groups is 1. The molecule has 0 unspecified atom stereocenters. The summed E-state index contributed by atoms with van der Waals surface area (Å²) in [5.74, 6) is 2.03. The van der Waals surface area contributed by atoms with Gasteiger partial charge in [-0.05, 0) is 55.0 Å². The molecule has 3 aromatic heterocycles. The van der Waals surface area contributed by atoms with Crippen LogP contribution in [0.5, 0.6) is 0 Å². The molecular formula is C25H26N4O3S2. The Morgan fingerprint density at radius 1 is 1.21 bits per heavy atom. The van der Waals surface area contributed by atoms with E-state index in [1.165, 1.54) is 16.7 Å². The minimum atomic E-state index is -0.230. The molecule has 3 aromatic rings. The summed E-state index contributed by atoms with van der Waals surface area (Å²) in [5.41, 5.74) is 1.79. The first-order valence-corrected chi connectivity index (χ1v) is 12.6.